The summed E-state index contributed by atoms with van der Waals surface area (Å²) in [5.74, 6) is 0.270. The van der Waals surface area contributed by atoms with Gasteiger partial charge in [-0.15, -0.1) is 0 Å². The first kappa shape index (κ1) is 11.9. The number of ether oxygens (including phenoxy) is 1. The van der Waals surface area contributed by atoms with Gasteiger partial charge in [-0.2, -0.15) is 0 Å². The molecule has 0 fully saturated rings. The SMILES string of the molecule is C=C(C)C(=O)Oc1ccccc1[S+](C)C. The summed E-state index contributed by atoms with van der Waals surface area (Å²) in [6.07, 6.45) is 4.18. The highest BCUT2D eigenvalue weighted by atomic mass is 32.2. The summed E-state index contributed by atoms with van der Waals surface area (Å²) in [7, 11) is 0.0730. The average Bonchev–Trinajstić information content (AvgIpc) is 2.18. The summed E-state index contributed by atoms with van der Waals surface area (Å²) in [4.78, 5) is 12.4. The number of para-hydroxylation sites is 1. The van der Waals surface area contributed by atoms with Crippen LogP contribution in [0.15, 0.2) is 41.3 Å². The summed E-state index contributed by atoms with van der Waals surface area (Å²) in [5.41, 5.74) is 0.414. The third-order valence-electron chi connectivity index (χ3n) is 1.84. The molecule has 1 aromatic rings. The molecular formula is C12H15O2S+. The van der Waals surface area contributed by atoms with Crippen molar-refractivity contribution in [3.8, 4) is 5.75 Å². The number of carbonyl (C=O) groups excluding carboxylic acids is 1. The second-order valence-electron chi connectivity index (χ2n) is 3.43. The lowest BCUT2D eigenvalue weighted by atomic mass is 10.3. The van der Waals surface area contributed by atoms with Crippen LogP contribution in [-0.4, -0.2) is 18.5 Å². The van der Waals surface area contributed by atoms with Crippen LogP contribution in [0.25, 0.3) is 0 Å². The highest BCUT2D eigenvalue weighted by molar-refractivity contribution is 7.95. The van der Waals surface area contributed by atoms with E-state index in [0.29, 0.717) is 11.3 Å². The molecule has 0 atom stereocenters. The molecule has 3 heteroatoms. The molecule has 0 N–H and O–H groups in total. The molecule has 0 heterocycles. The Hall–Kier alpha value is -1.22. The maximum Gasteiger partial charge on any atom is 0.338 e. The van der Waals surface area contributed by atoms with Crippen LogP contribution in [0.2, 0.25) is 0 Å². The van der Waals surface area contributed by atoms with Crippen molar-refractivity contribution in [3.05, 3.63) is 36.4 Å². The first-order valence-corrected chi connectivity index (χ1v) is 6.61. The first-order chi connectivity index (χ1) is 7.02. The number of hydrogen-bond acceptors (Lipinski definition) is 2. The van der Waals surface area contributed by atoms with Crippen molar-refractivity contribution < 1.29 is 9.53 Å². The van der Waals surface area contributed by atoms with Crippen molar-refractivity contribution in [2.45, 2.75) is 11.8 Å². The van der Waals surface area contributed by atoms with E-state index in [4.69, 9.17) is 4.74 Å². The molecule has 0 aliphatic rings. The minimum absolute atomic E-state index is 0.0730. The molecule has 0 saturated carbocycles. The Morgan fingerprint density at radius 1 is 1.33 bits per heavy atom. The van der Waals surface area contributed by atoms with E-state index in [9.17, 15) is 4.79 Å². The largest absolute Gasteiger partial charge is 0.418 e. The lowest BCUT2D eigenvalue weighted by molar-refractivity contribution is -0.130. The van der Waals surface area contributed by atoms with E-state index in [1.807, 2.05) is 24.3 Å². The van der Waals surface area contributed by atoms with E-state index in [0.717, 1.165) is 4.90 Å². The van der Waals surface area contributed by atoms with Gasteiger partial charge in [0, 0.05) is 16.5 Å². The van der Waals surface area contributed by atoms with Crippen LogP contribution < -0.4 is 4.74 Å². The zero-order valence-electron chi connectivity index (χ0n) is 9.24. The van der Waals surface area contributed by atoms with Crippen LogP contribution in [0.3, 0.4) is 0 Å². The zero-order chi connectivity index (χ0) is 11.4. The lowest BCUT2D eigenvalue weighted by Gasteiger charge is -2.06. The van der Waals surface area contributed by atoms with Gasteiger partial charge in [-0.05, 0) is 19.1 Å². The Morgan fingerprint density at radius 3 is 2.47 bits per heavy atom. The van der Waals surface area contributed by atoms with Gasteiger partial charge in [-0.1, -0.05) is 18.7 Å². The molecule has 1 aromatic carbocycles. The van der Waals surface area contributed by atoms with Gasteiger partial charge >= 0.3 is 5.97 Å². The smallest absolute Gasteiger partial charge is 0.338 e. The Bertz CT molecular complexity index is 383. The molecule has 1 rings (SSSR count). The molecule has 2 nitrogen and oxygen atoms in total. The van der Waals surface area contributed by atoms with Crippen LogP contribution in [0, 0.1) is 0 Å². The topological polar surface area (TPSA) is 26.3 Å². The number of esters is 1. The van der Waals surface area contributed by atoms with Gasteiger partial charge in [0.2, 0.25) is 0 Å². The van der Waals surface area contributed by atoms with Crippen molar-refractivity contribution in [2.75, 3.05) is 12.5 Å². The maximum atomic E-state index is 11.4. The molecule has 0 radical (unpaired) electrons. The lowest BCUT2D eigenvalue weighted by Crippen LogP contribution is -2.10. The molecule has 0 bridgehead atoms. The van der Waals surface area contributed by atoms with Crippen LogP contribution in [-0.2, 0) is 15.7 Å². The van der Waals surface area contributed by atoms with Crippen molar-refractivity contribution >= 4 is 16.9 Å². The van der Waals surface area contributed by atoms with Crippen molar-refractivity contribution in [1.29, 1.82) is 0 Å². The average molecular weight is 223 g/mol. The number of carbonyl (C=O) groups is 1. The number of hydrogen-bond donors (Lipinski definition) is 0. The van der Waals surface area contributed by atoms with Crippen LogP contribution in [0.5, 0.6) is 5.75 Å². The van der Waals surface area contributed by atoms with E-state index in [1.165, 1.54) is 0 Å². The number of rotatable bonds is 3. The second-order valence-corrected chi connectivity index (χ2v) is 5.51. The molecule has 80 valence electrons. The van der Waals surface area contributed by atoms with Gasteiger partial charge in [0.1, 0.15) is 12.5 Å². The van der Waals surface area contributed by atoms with Gasteiger partial charge in [-0.25, -0.2) is 4.79 Å². The molecular weight excluding hydrogens is 208 g/mol. The predicted octanol–water partition coefficient (Wildman–Crippen LogP) is 2.40. The Balaban J connectivity index is 2.94. The van der Waals surface area contributed by atoms with Crippen molar-refractivity contribution in [3.63, 3.8) is 0 Å². The second kappa shape index (κ2) is 5.03. The minimum Gasteiger partial charge on any atom is -0.418 e. The van der Waals surface area contributed by atoms with E-state index < -0.39 is 0 Å². The minimum atomic E-state index is -0.368. The highest BCUT2D eigenvalue weighted by Crippen LogP contribution is 2.23. The van der Waals surface area contributed by atoms with E-state index in [1.54, 1.807) is 6.92 Å². The van der Waals surface area contributed by atoms with Gasteiger partial charge < -0.3 is 4.74 Å². The predicted molar refractivity (Wildman–Crippen MR) is 64.4 cm³/mol. The quantitative estimate of drug-likeness (QED) is 0.340. The zero-order valence-corrected chi connectivity index (χ0v) is 10.1. The molecule has 0 spiro atoms. The van der Waals surface area contributed by atoms with E-state index in [-0.39, 0.29) is 16.9 Å². The Labute approximate surface area is 93.3 Å². The fourth-order valence-electron chi connectivity index (χ4n) is 1.06. The third-order valence-corrected chi connectivity index (χ3v) is 3.06. The molecule has 15 heavy (non-hydrogen) atoms. The summed E-state index contributed by atoms with van der Waals surface area (Å²) in [6.45, 7) is 5.19. The highest BCUT2D eigenvalue weighted by Gasteiger charge is 2.17. The van der Waals surface area contributed by atoms with E-state index in [2.05, 4.69) is 19.1 Å². The van der Waals surface area contributed by atoms with Crippen molar-refractivity contribution in [2.24, 2.45) is 0 Å². The fraction of sp³-hybridized carbons (Fsp3) is 0.250. The monoisotopic (exact) mass is 223 g/mol. The Kier molecular flexibility index (Phi) is 3.97. The van der Waals surface area contributed by atoms with E-state index >= 15 is 0 Å². The fourth-order valence-corrected chi connectivity index (χ4v) is 1.92. The molecule has 0 saturated heterocycles. The van der Waals surface area contributed by atoms with Crippen molar-refractivity contribution in [1.82, 2.24) is 0 Å². The molecule has 0 aliphatic carbocycles. The molecule has 0 aliphatic heterocycles. The summed E-state index contributed by atoms with van der Waals surface area (Å²) in [6, 6.07) is 7.59. The Morgan fingerprint density at radius 2 is 1.93 bits per heavy atom. The molecule has 0 amide bonds. The summed E-state index contributed by atoms with van der Waals surface area (Å²) in [5, 5.41) is 0. The van der Waals surface area contributed by atoms with Gasteiger partial charge in [0.25, 0.3) is 0 Å². The third kappa shape index (κ3) is 3.13. The standard InChI is InChI=1S/C12H15O2S/c1-9(2)12(13)14-10-7-5-6-8-11(10)15(3)4/h5-8H,1H2,2-4H3/q+1. The molecule has 0 aromatic heterocycles. The summed E-state index contributed by atoms with van der Waals surface area (Å²) >= 11 is 0. The van der Waals surface area contributed by atoms with Crippen LogP contribution in [0.4, 0.5) is 0 Å². The van der Waals surface area contributed by atoms with Crippen LogP contribution in [0.1, 0.15) is 6.92 Å². The maximum absolute atomic E-state index is 11.4. The first-order valence-electron chi connectivity index (χ1n) is 4.56. The molecule has 0 unspecified atom stereocenters. The van der Waals surface area contributed by atoms with Gasteiger partial charge in [-0.3, -0.25) is 0 Å². The van der Waals surface area contributed by atoms with Gasteiger partial charge in [0.15, 0.2) is 10.6 Å². The normalized spacial score (nSPS) is 10.1. The summed E-state index contributed by atoms with van der Waals surface area (Å²) < 4.78 is 5.24. The van der Waals surface area contributed by atoms with Crippen LogP contribution >= 0.6 is 0 Å². The van der Waals surface area contributed by atoms with Gasteiger partial charge in [0.05, 0.1) is 0 Å². The number of benzene rings is 1.